The lowest BCUT2D eigenvalue weighted by molar-refractivity contribution is -0.127. The Hall–Kier alpha value is -1.55. The Labute approximate surface area is 159 Å². The van der Waals surface area contributed by atoms with E-state index in [0.29, 0.717) is 12.5 Å². The number of benzene rings is 1. The van der Waals surface area contributed by atoms with E-state index in [0.717, 1.165) is 30.3 Å². The largest absolute Gasteiger partial charge is 0.481 e. The number of nitrogens with zero attached hydrogens (tertiary/aromatic N) is 1. The summed E-state index contributed by atoms with van der Waals surface area (Å²) in [4.78, 5) is 14.9. The van der Waals surface area contributed by atoms with Crippen molar-refractivity contribution >= 4 is 5.91 Å². The molecule has 0 bridgehead atoms. The van der Waals surface area contributed by atoms with Crippen molar-refractivity contribution in [1.29, 1.82) is 0 Å². The van der Waals surface area contributed by atoms with Crippen LogP contribution in [0.3, 0.4) is 0 Å². The molecule has 1 aromatic rings. The maximum Gasteiger partial charge on any atom is 0.260 e. The van der Waals surface area contributed by atoms with Crippen LogP contribution >= 0.6 is 0 Å². The molecule has 4 nitrogen and oxygen atoms in total. The second-order valence-corrected chi connectivity index (χ2v) is 7.69. The Morgan fingerprint density at radius 1 is 1.27 bits per heavy atom. The van der Waals surface area contributed by atoms with Gasteiger partial charge in [0, 0.05) is 19.1 Å². The third-order valence-electron chi connectivity index (χ3n) is 5.36. The number of amides is 1. The van der Waals surface area contributed by atoms with Gasteiger partial charge in [-0.1, -0.05) is 45.4 Å². The fraction of sp³-hybridized carbons (Fsp3) is 0.682. The maximum absolute atomic E-state index is 12.4. The molecule has 4 heteroatoms. The van der Waals surface area contributed by atoms with Crippen LogP contribution in [0.5, 0.6) is 5.75 Å². The molecule has 0 radical (unpaired) electrons. The third kappa shape index (κ3) is 6.01. The quantitative estimate of drug-likeness (QED) is 0.666. The molecule has 1 heterocycles. The van der Waals surface area contributed by atoms with Gasteiger partial charge in [-0.25, -0.2) is 0 Å². The number of hydrogen-bond acceptors (Lipinski definition) is 3. The van der Waals surface area contributed by atoms with E-state index in [-0.39, 0.29) is 5.91 Å². The lowest BCUT2D eigenvalue weighted by atomic mass is 10.00. The van der Waals surface area contributed by atoms with Crippen LogP contribution in [0.15, 0.2) is 24.3 Å². The van der Waals surface area contributed by atoms with E-state index >= 15 is 0 Å². The zero-order valence-corrected chi connectivity index (χ0v) is 17.0. The molecule has 2 atom stereocenters. The number of para-hydroxylation sites is 1. The number of rotatable bonds is 9. The summed E-state index contributed by atoms with van der Waals surface area (Å²) < 4.78 is 5.93. The average Bonchev–Trinajstić information content (AvgIpc) is 2.65. The van der Waals surface area contributed by atoms with Crippen molar-refractivity contribution in [3.63, 3.8) is 0 Å². The molecule has 2 rings (SSSR count). The zero-order valence-electron chi connectivity index (χ0n) is 17.0. The molecular weight excluding hydrogens is 324 g/mol. The summed E-state index contributed by atoms with van der Waals surface area (Å²) in [6.07, 6.45) is 5.74. The van der Waals surface area contributed by atoms with E-state index in [1.807, 2.05) is 25.1 Å². The molecule has 1 amide bonds. The van der Waals surface area contributed by atoms with Crippen LogP contribution < -0.4 is 10.1 Å². The van der Waals surface area contributed by atoms with Crippen molar-refractivity contribution in [2.24, 2.45) is 0 Å². The van der Waals surface area contributed by atoms with E-state index in [1.54, 1.807) is 0 Å². The number of likely N-dealkylation sites (tertiary alicyclic amines) is 1. The number of carbonyl (C=O) groups excluding carboxylic acids is 1. The molecule has 0 aliphatic carbocycles. The number of piperidine rings is 1. The zero-order chi connectivity index (χ0) is 18.9. The molecule has 1 aliphatic rings. The summed E-state index contributed by atoms with van der Waals surface area (Å²) in [7, 11) is 0. The minimum atomic E-state index is -0.478. The van der Waals surface area contributed by atoms with Gasteiger partial charge >= 0.3 is 0 Å². The van der Waals surface area contributed by atoms with Crippen molar-refractivity contribution in [2.45, 2.75) is 77.9 Å². The lowest BCUT2D eigenvalue weighted by Crippen LogP contribution is -2.41. The van der Waals surface area contributed by atoms with Crippen molar-refractivity contribution < 1.29 is 9.53 Å². The van der Waals surface area contributed by atoms with Gasteiger partial charge in [0.25, 0.3) is 5.91 Å². The minimum Gasteiger partial charge on any atom is -0.481 e. The van der Waals surface area contributed by atoms with Crippen molar-refractivity contribution in [1.82, 2.24) is 10.2 Å². The molecule has 1 fully saturated rings. The number of nitrogens with one attached hydrogen (secondary N) is 1. The van der Waals surface area contributed by atoms with Gasteiger partial charge in [0.05, 0.1) is 0 Å². The van der Waals surface area contributed by atoms with Crippen LogP contribution in [-0.4, -0.2) is 42.6 Å². The number of ether oxygens (including phenoxy) is 1. The molecule has 0 aromatic heterocycles. The van der Waals surface area contributed by atoms with E-state index in [2.05, 4.69) is 37.1 Å². The van der Waals surface area contributed by atoms with E-state index < -0.39 is 6.10 Å². The second-order valence-electron chi connectivity index (χ2n) is 7.69. The molecule has 146 valence electrons. The highest BCUT2D eigenvalue weighted by atomic mass is 16.5. The van der Waals surface area contributed by atoms with Gasteiger partial charge in [-0.2, -0.15) is 0 Å². The maximum atomic E-state index is 12.4. The SMILES string of the molecule is CC[C@H]1CCCCN1CCCNC(=O)[C@@H](C)Oc1ccccc1C(C)C. The van der Waals surface area contributed by atoms with Crippen LogP contribution in [0.1, 0.15) is 71.3 Å². The van der Waals surface area contributed by atoms with E-state index in [4.69, 9.17) is 4.74 Å². The van der Waals surface area contributed by atoms with Gasteiger partial charge in [0.2, 0.25) is 0 Å². The van der Waals surface area contributed by atoms with Gasteiger partial charge in [-0.15, -0.1) is 0 Å². The van der Waals surface area contributed by atoms with Gasteiger partial charge in [0.15, 0.2) is 6.10 Å². The fourth-order valence-electron chi connectivity index (χ4n) is 3.76. The number of hydrogen-bond donors (Lipinski definition) is 1. The van der Waals surface area contributed by atoms with Crippen molar-refractivity contribution in [3.8, 4) is 5.75 Å². The molecule has 26 heavy (non-hydrogen) atoms. The number of carbonyl (C=O) groups is 1. The molecule has 0 unspecified atom stereocenters. The van der Waals surface area contributed by atoms with Crippen LogP contribution in [0.2, 0.25) is 0 Å². The van der Waals surface area contributed by atoms with Crippen LogP contribution in [0.4, 0.5) is 0 Å². The summed E-state index contributed by atoms with van der Waals surface area (Å²) in [5.41, 5.74) is 1.14. The normalized spacial score (nSPS) is 19.3. The van der Waals surface area contributed by atoms with Crippen molar-refractivity contribution in [2.75, 3.05) is 19.6 Å². The van der Waals surface area contributed by atoms with Crippen molar-refractivity contribution in [3.05, 3.63) is 29.8 Å². The fourth-order valence-corrected chi connectivity index (χ4v) is 3.76. The Morgan fingerprint density at radius 2 is 2.04 bits per heavy atom. The van der Waals surface area contributed by atoms with Crippen LogP contribution in [-0.2, 0) is 4.79 Å². The summed E-state index contributed by atoms with van der Waals surface area (Å²) >= 11 is 0. The van der Waals surface area contributed by atoms with E-state index in [1.165, 1.54) is 32.2 Å². The third-order valence-corrected chi connectivity index (χ3v) is 5.36. The van der Waals surface area contributed by atoms with Crippen LogP contribution in [0, 0.1) is 0 Å². The standard InChI is InChI=1S/C22H36N2O2/c1-5-19-11-8-9-15-24(19)16-10-14-23-22(25)18(4)26-21-13-7-6-12-20(21)17(2)3/h6-7,12-13,17-19H,5,8-11,14-16H2,1-4H3,(H,23,25)/t18-,19+/m1/s1. The van der Waals surface area contributed by atoms with Gasteiger partial charge in [-0.05, 0) is 56.7 Å². The lowest BCUT2D eigenvalue weighted by Gasteiger charge is -2.35. The molecule has 1 aliphatic heterocycles. The monoisotopic (exact) mass is 360 g/mol. The Bertz CT molecular complexity index is 559. The Balaban J connectivity index is 1.74. The molecule has 1 saturated heterocycles. The molecule has 0 saturated carbocycles. The predicted molar refractivity (Wildman–Crippen MR) is 108 cm³/mol. The molecular formula is C22H36N2O2. The first kappa shape index (κ1) is 20.8. The highest BCUT2D eigenvalue weighted by molar-refractivity contribution is 5.80. The van der Waals surface area contributed by atoms with Gasteiger partial charge in [0.1, 0.15) is 5.75 Å². The first-order chi connectivity index (χ1) is 12.5. The van der Waals surface area contributed by atoms with Crippen LogP contribution in [0.25, 0.3) is 0 Å². The topological polar surface area (TPSA) is 41.6 Å². The predicted octanol–water partition coefficient (Wildman–Crippen LogP) is 4.35. The van der Waals surface area contributed by atoms with E-state index in [9.17, 15) is 4.79 Å². The van der Waals surface area contributed by atoms with Gasteiger partial charge in [-0.3, -0.25) is 4.79 Å². The highest BCUT2D eigenvalue weighted by Crippen LogP contribution is 2.26. The minimum absolute atomic E-state index is 0.0331. The first-order valence-corrected chi connectivity index (χ1v) is 10.3. The summed E-state index contributed by atoms with van der Waals surface area (Å²) in [5.74, 6) is 1.15. The first-order valence-electron chi connectivity index (χ1n) is 10.3. The summed E-state index contributed by atoms with van der Waals surface area (Å²) in [6.45, 7) is 11.4. The molecule has 1 N–H and O–H groups in total. The van der Waals surface area contributed by atoms with Gasteiger partial charge < -0.3 is 15.0 Å². The Morgan fingerprint density at radius 3 is 2.77 bits per heavy atom. The molecule has 0 spiro atoms. The molecule has 1 aromatic carbocycles. The average molecular weight is 361 g/mol. The summed E-state index contributed by atoms with van der Waals surface area (Å²) in [5, 5.41) is 3.03. The Kier molecular flexibility index (Phi) is 8.43. The summed E-state index contributed by atoms with van der Waals surface area (Å²) in [6, 6.07) is 8.70. The highest BCUT2D eigenvalue weighted by Gasteiger charge is 2.20. The smallest absolute Gasteiger partial charge is 0.260 e. The second kappa shape index (κ2) is 10.6.